The maximum Gasteiger partial charge on any atom is 2.00 e. The molecule has 7 aromatic rings. The number of nitrogens with zero attached hydrogens (tertiary/aromatic N) is 4. The first kappa shape index (κ1) is 36.1. The molecule has 7 rings (SSSR count). The number of hydrogen-bond donors (Lipinski definition) is 0. The fraction of sp³-hybridized carbons (Fsp3) is 0.273. The molecule has 0 amide bonds. The molecule has 0 spiro atoms. The fourth-order valence-electron chi connectivity index (χ4n) is 6.72. The number of aromatic nitrogens is 4. The van der Waals surface area contributed by atoms with Crippen LogP contribution in [0.1, 0.15) is 71.8 Å². The van der Waals surface area contributed by atoms with Gasteiger partial charge in [0.25, 0.3) is 0 Å². The number of hydrogen-bond acceptors (Lipinski definition) is 4. The third-order valence-corrected chi connectivity index (χ3v) is 9.10. The first-order valence-electron chi connectivity index (χ1n) is 17.4. The monoisotopic (exact) mass is 855 g/mol. The molecule has 262 valence electrons. The first-order chi connectivity index (χ1) is 24.0. The van der Waals surface area contributed by atoms with E-state index in [1.807, 2.05) is 24.3 Å². The van der Waals surface area contributed by atoms with Crippen LogP contribution in [0, 0.1) is 12.1 Å². The van der Waals surface area contributed by atoms with Gasteiger partial charge in [0.15, 0.2) is 0 Å². The van der Waals surface area contributed by atoms with E-state index in [4.69, 9.17) is 19.6 Å². The summed E-state index contributed by atoms with van der Waals surface area (Å²) in [6, 6.07) is 38.4. The van der Waals surface area contributed by atoms with E-state index in [2.05, 4.69) is 137 Å². The SMILES string of the molecule is CCCc1nn(-c2[c-]c(Oc3[c-]c4c(cc3)c3ccccc3n4-c3cc(OC)ccn3)cc(C(C)(C)C)c2)c(C(C)(C)C)c1-c1ccccc1.[Pt+2]. The van der Waals surface area contributed by atoms with Crippen molar-refractivity contribution >= 4 is 21.8 Å². The molecular formula is C44H44N4O2Pt. The number of benzene rings is 4. The average molecular weight is 856 g/mol. The van der Waals surface area contributed by atoms with E-state index < -0.39 is 0 Å². The van der Waals surface area contributed by atoms with Crippen molar-refractivity contribution < 1.29 is 30.5 Å². The number of aryl methyl sites for hydroxylation is 1. The third kappa shape index (κ3) is 6.99. The second-order valence-corrected chi connectivity index (χ2v) is 14.9. The summed E-state index contributed by atoms with van der Waals surface area (Å²) in [5.41, 5.74) is 8.18. The van der Waals surface area contributed by atoms with Gasteiger partial charge < -0.3 is 14.0 Å². The zero-order valence-corrected chi connectivity index (χ0v) is 32.8. The molecule has 0 radical (unpaired) electrons. The number of ether oxygens (including phenoxy) is 2. The molecule has 0 atom stereocenters. The molecule has 0 saturated heterocycles. The number of pyridine rings is 1. The normalized spacial score (nSPS) is 11.9. The van der Waals surface area contributed by atoms with Gasteiger partial charge in [0, 0.05) is 40.3 Å². The summed E-state index contributed by atoms with van der Waals surface area (Å²) in [7, 11) is 1.67. The molecule has 0 aliphatic heterocycles. The quantitative estimate of drug-likeness (QED) is 0.143. The summed E-state index contributed by atoms with van der Waals surface area (Å²) >= 11 is 0. The number of methoxy groups -OCH3 is 1. The van der Waals surface area contributed by atoms with Crippen molar-refractivity contribution in [3.05, 3.63) is 126 Å². The maximum absolute atomic E-state index is 6.70. The van der Waals surface area contributed by atoms with Crippen molar-refractivity contribution in [1.29, 1.82) is 0 Å². The Bertz CT molecular complexity index is 2320. The minimum Gasteiger partial charge on any atom is -0.509 e. The Morgan fingerprint density at radius 3 is 2.22 bits per heavy atom. The molecule has 7 heteroatoms. The van der Waals surface area contributed by atoms with Gasteiger partial charge in [-0.15, -0.1) is 41.3 Å². The minimum atomic E-state index is -0.197. The van der Waals surface area contributed by atoms with Crippen molar-refractivity contribution in [2.75, 3.05) is 7.11 Å². The van der Waals surface area contributed by atoms with E-state index in [9.17, 15) is 0 Å². The predicted molar refractivity (Wildman–Crippen MR) is 203 cm³/mol. The second-order valence-electron chi connectivity index (χ2n) is 14.9. The van der Waals surface area contributed by atoms with Gasteiger partial charge in [-0.1, -0.05) is 109 Å². The van der Waals surface area contributed by atoms with Crippen molar-refractivity contribution in [2.24, 2.45) is 0 Å². The Labute approximate surface area is 315 Å². The molecule has 6 nitrogen and oxygen atoms in total. The topological polar surface area (TPSA) is 54.1 Å². The van der Waals surface area contributed by atoms with Gasteiger partial charge in [-0.05, 0) is 40.6 Å². The summed E-state index contributed by atoms with van der Waals surface area (Å²) < 4.78 is 16.5. The number of fused-ring (bicyclic) bond motifs is 3. The van der Waals surface area contributed by atoms with Crippen LogP contribution in [0.15, 0.2) is 97.2 Å². The van der Waals surface area contributed by atoms with Gasteiger partial charge >= 0.3 is 21.1 Å². The largest absolute Gasteiger partial charge is 2.00 e. The molecular weight excluding hydrogens is 812 g/mol. The second kappa shape index (κ2) is 14.2. The van der Waals surface area contributed by atoms with Gasteiger partial charge in [-0.3, -0.25) is 4.68 Å². The molecule has 4 aromatic carbocycles. The Kier molecular flexibility index (Phi) is 10.0. The summed E-state index contributed by atoms with van der Waals surface area (Å²) in [4.78, 5) is 4.71. The summed E-state index contributed by atoms with van der Waals surface area (Å²) in [6.45, 7) is 15.6. The van der Waals surface area contributed by atoms with E-state index >= 15 is 0 Å². The Morgan fingerprint density at radius 2 is 1.51 bits per heavy atom. The van der Waals surface area contributed by atoms with Crippen LogP contribution in [0.4, 0.5) is 0 Å². The van der Waals surface area contributed by atoms with Crippen LogP contribution in [-0.4, -0.2) is 26.4 Å². The van der Waals surface area contributed by atoms with Crippen LogP contribution >= 0.6 is 0 Å². The Hall–Kier alpha value is -4.67. The summed E-state index contributed by atoms with van der Waals surface area (Å²) in [6.07, 6.45) is 3.65. The van der Waals surface area contributed by atoms with E-state index in [1.165, 1.54) is 11.1 Å². The van der Waals surface area contributed by atoms with E-state index in [0.717, 1.165) is 68.9 Å². The van der Waals surface area contributed by atoms with E-state index in [1.54, 1.807) is 13.3 Å². The summed E-state index contributed by atoms with van der Waals surface area (Å²) in [5, 5.41) is 7.49. The molecule has 0 bridgehead atoms. The first-order valence-corrected chi connectivity index (χ1v) is 17.4. The predicted octanol–water partition coefficient (Wildman–Crippen LogP) is 11.0. The molecule has 51 heavy (non-hydrogen) atoms. The van der Waals surface area contributed by atoms with Crippen molar-refractivity contribution in [2.45, 2.75) is 72.1 Å². The maximum atomic E-state index is 6.70. The van der Waals surface area contributed by atoms with Crippen LogP contribution < -0.4 is 9.47 Å². The zero-order valence-electron chi connectivity index (χ0n) is 30.6. The van der Waals surface area contributed by atoms with E-state index in [0.29, 0.717) is 11.5 Å². The Balaban J connectivity index is 0.00000448. The molecule has 0 fully saturated rings. The van der Waals surface area contributed by atoms with Gasteiger partial charge in [-0.2, -0.15) is 11.2 Å². The number of rotatable bonds is 8. The molecule has 0 unspecified atom stereocenters. The zero-order chi connectivity index (χ0) is 35.2. The minimum absolute atomic E-state index is 0. The fourth-order valence-corrected chi connectivity index (χ4v) is 6.72. The molecule has 3 heterocycles. The standard InChI is InChI=1S/C44H44N4O2.Pt/c1-9-15-37-41(29-16-11-10-12-17-29)42(44(5,6)7)48(46-37)31-24-30(43(2,3)4)25-34(26-31)50-33-20-21-36-35-18-13-14-19-38(35)47(39(36)27-33)40-28-32(49-8)22-23-45-40;/h10-14,16-25,28H,9,15H2,1-8H3;/q-2;+2. The van der Waals surface area contributed by atoms with Crippen LogP contribution in [0.2, 0.25) is 0 Å². The van der Waals surface area contributed by atoms with Crippen molar-refractivity contribution in [3.63, 3.8) is 0 Å². The van der Waals surface area contributed by atoms with E-state index in [-0.39, 0.29) is 31.9 Å². The average Bonchev–Trinajstić information content (AvgIpc) is 3.65. The van der Waals surface area contributed by atoms with Gasteiger partial charge in [0.1, 0.15) is 11.6 Å². The number of para-hydroxylation sites is 1. The molecule has 3 aromatic heterocycles. The molecule has 0 aliphatic carbocycles. The van der Waals surface area contributed by atoms with Gasteiger partial charge in [0.2, 0.25) is 0 Å². The van der Waals surface area contributed by atoms with Gasteiger partial charge in [0.05, 0.1) is 18.5 Å². The van der Waals surface area contributed by atoms with Crippen molar-refractivity contribution in [3.8, 4) is 39.9 Å². The van der Waals surface area contributed by atoms with Crippen LogP contribution in [0.3, 0.4) is 0 Å². The molecule has 0 aliphatic rings. The van der Waals surface area contributed by atoms with Crippen LogP contribution in [0.25, 0.3) is 44.4 Å². The van der Waals surface area contributed by atoms with Gasteiger partial charge in [-0.25, -0.2) is 4.98 Å². The van der Waals surface area contributed by atoms with Crippen LogP contribution in [-0.2, 0) is 38.3 Å². The molecule has 0 saturated carbocycles. The van der Waals surface area contributed by atoms with Crippen molar-refractivity contribution in [1.82, 2.24) is 19.3 Å². The Morgan fingerprint density at radius 1 is 0.765 bits per heavy atom. The smallest absolute Gasteiger partial charge is 0.509 e. The summed E-state index contributed by atoms with van der Waals surface area (Å²) in [5.74, 6) is 2.68. The third-order valence-electron chi connectivity index (χ3n) is 9.10. The van der Waals surface area contributed by atoms with Crippen LogP contribution in [0.5, 0.6) is 17.2 Å². The molecule has 0 N–H and O–H groups in total.